The zero-order valence-electron chi connectivity index (χ0n) is 14.6. The van der Waals surface area contributed by atoms with Crippen LogP contribution in [-0.4, -0.2) is 0 Å². The number of hydrogen-bond donors (Lipinski definition) is 0. The maximum Gasteiger partial charge on any atom is 0.00469 e. The number of rotatable bonds is 7. The lowest BCUT2D eigenvalue weighted by Gasteiger charge is -2.19. The number of hydrogen-bond acceptors (Lipinski definition) is 0. The fraction of sp³-hybridized carbons (Fsp3) is 0.217. The second-order valence-corrected chi connectivity index (χ2v) is 6.89. The van der Waals surface area contributed by atoms with Crippen molar-refractivity contribution in [1.29, 1.82) is 0 Å². The van der Waals surface area contributed by atoms with Crippen molar-refractivity contribution in [2.24, 2.45) is 0 Å². The summed E-state index contributed by atoms with van der Waals surface area (Å²) >= 11 is 3.58. The van der Waals surface area contributed by atoms with Crippen molar-refractivity contribution < 1.29 is 0 Å². The van der Waals surface area contributed by atoms with Gasteiger partial charge in [0, 0.05) is 6.42 Å². The molecule has 1 heteroatoms. The lowest BCUT2D eigenvalue weighted by atomic mass is 9.86. The molecule has 124 valence electrons. The van der Waals surface area contributed by atoms with Crippen LogP contribution in [0, 0.1) is 0 Å². The molecule has 0 N–H and O–H groups in total. The first-order valence-electron chi connectivity index (χ1n) is 8.54. The van der Waals surface area contributed by atoms with E-state index in [-0.39, 0.29) is 0 Å². The van der Waals surface area contributed by atoms with Gasteiger partial charge in [-0.1, -0.05) is 103 Å². The predicted molar refractivity (Wildman–Crippen MR) is 111 cm³/mol. The van der Waals surface area contributed by atoms with Gasteiger partial charge in [0.05, 0.1) is 0 Å². The van der Waals surface area contributed by atoms with E-state index in [9.17, 15) is 0 Å². The van der Waals surface area contributed by atoms with E-state index in [0.29, 0.717) is 0 Å². The largest absolute Gasteiger partial charge is 0.0885 e. The smallest absolute Gasteiger partial charge is 0.00469 e. The summed E-state index contributed by atoms with van der Waals surface area (Å²) in [6.45, 7) is 8.52. The summed E-state index contributed by atoms with van der Waals surface area (Å²) < 4.78 is 1.00. The first-order chi connectivity index (χ1) is 11.7. The Kier molecular flexibility index (Phi) is 7.27. The van der Waals surface area contributed by atoms with Crippen LogP contribution in [0.4, 0.5) is 0 Å². The number of allylic oxidation sites excluding steroid dienone is 5. The van der Waals surface area contributed by atoms with Gasteiger partial charge < -0.3 is 0 Å². The minimum atomic E-state index is 0.815. The summed E-state index contributed by atoms with van der Waals surface area (Å²) in [6.07, 6.45) is 5.22. The summed E-state index contributed by atoms with van der Waals surface area (Å²) in [4.78, 5) is 0. The molecule has 24 heavy (non-hydrogen) atoms. The Morgan fingerprint density at radius 1 is 0.917 bits per heavy atom. The molecule has 0 fully saturated rings. The van der Waals surface area contributed by atoms with Crippen molar-refractivity contribution in [3.05, 3.63) is 94.5 Å². The molecule has 0 aliphatic rings. The number of halogens is 1. The first-order valence-corrected chi connectivity index (χ1v) is 9.33. The van der Waals surface area contributed by atoms with Gasteiger partial charge in [-0.25, -0.2) is 0 Å². The highest BCUT2D eigenvalue weighted by Crippen LogP contribution is 2.38. The monoisotopic (exact) mass is 380 g/mol. The molecule has 0 amide bonds. The van der Waals surface area contributed by atoms with Gasteiger partial charge in [-0.2, -0.15) is 0 Å². The molecule has 0 heterocycles. The van der Waals surface area contributed by atoms with Gasteiger partial charge in [0.1, 0.15) is 0 Å². The molecule has 0 aromatic heterocycles. The fourth-order valence-corrected chi connectivity index (χ4v) is 3.27. The quantitative estimate of drug-likeness (QED) is 0.341. The normalized spacial score (nSPS) is 12.7. The van der Waals surface area contributed by atoms with Gasteiger partial charge in [-0.15, -0.1) is 0 Å². The SMILES string of the molecule is C=C(Br)C/C(=C(\C(=C\CC)CC)c1ccccc1)c1ccccc1. The minimum Gasteiger partial charge on any atom is -0.0885 e. The van der Waals surface area contributed by atoms with Crippen LogP contribution >= 0.6 is 15.9 Å². The van der Waals surface area contributed by atoms with Crippen molar-refractivity contribution in [3.8, 4) is 0 Å². The highest BCUT2D eigenvalue weighted by atomic mass is 79.9. The Morgan fingerprint density at radius 2 is 1.46 bits per heavy atom. The van der Waals surface area contributed by atoms with Crippen LogP contribution in [0.2, 0.25) is 0 Å². The molecule has 0 radical (unpaired) electrons. The van der Waals surface area contributed by atoms with Gasteiger partial charge >= 0.3 is 0 Å². The average molecular weight is 381 g/mol. The molecule has 0 aliphatic heterocycles. The van der Waals surface area contributed by atoms with Crippen molar-refractivity contribution in [3.63, 3.8) is 0 Å². The second kappa shape index (κ2) is 9.44. The Labute approximate surface area is 154 Å². The summed E-state index contributed by atoms with van der Waals surface area (Å²) in [6, 6.07) is 21.3. The standard InChI is InChI=1S/C23H25Br/c1-4-12-19(5-2)23(21-15-10-7-11-16-21)22(17-18(3)24)20-13-8-6-9-14-20/h6-16H,3-5,17H2,1-2H3/b19-12+,23-22-. The molecule has 2 rings (SSSR count). The van der Waals surface area contributed by atoms with Crippen LogP contribution < -0.4 is 0 Å². The summed E-state index contributed by atoms with van der Waals surface area (Å²) in [7, 11) is 0. The van der Waals surface area contributed by atoms with Crippen LogP contribution in [0.3, 0.4) is 0 Å². The first kappa shape index (κ1) is 18.5. The summed E-state index contributed by atoms with van der Waals surface area (Å²) in [5.41, 5.74) is 6.59. The van der Waals surface area contributed by atoms with Crippen LogP contribution in [0.5, 0.6) is 0 Å². The van der Waals surface area contributed by atoms with E-state index in [1.807, 2.05) is 0 Å². The van der Waals surface area contributed by atoms with E-state index in [1.54, 1.807) is 0 Å². The molecule has 0 saturated carbocycles. The molecule has 2 aromatic carbocycles. The molecule has 0 aliphatic carbocycles. The highest BCUT2D eigenvalue weighted by Gasteiger charge is 2.15. The zero-order valence-corrected chi connectivity index (χ0v) is 16.1. The van der Waals surface area contributed by atoms with Crippen LogP contribution in [-0.2, 0) is 0 Å². The average Bonchev–Trinajstić information content (AvgIpc) is 2.61. The van der Waals surface area contributed by atoms with E-state index in [2.05, 4.69) is 103 Å². The van der Waals surface area contributed by atoms with Crippen LogP contribution in [0.1, 0.15) is 44.2 Å². The third kappa shape index (κ3) is 4.82. The Morgan fingerprint density at radius 3 is 1.92 bits per heavy atom. The van der Waals surface area contributed by atoms with Gasteiger partial charge in [-0.05, 0) is 45.2 Å². The lowest BCUT2D eigenvalue weighted by molar-refractivity contribution is 1.10. The fourth-order valence-electron chi connectivity index (χ4n) is 2.99. The molecule has 0 bridgehead atoms. The van der Waals surface area contributed by atoms with E-state index >= 15 is 0 Å². The molecular formula is C23H25Br. The van der Waals surface area contributed by atoms with Crippen molar-refractivity contribution in [2.45, 2.75) is 33.1 Å². The third-order valence-corrected chi connectivity index (χ3v) is 4.29. The maximum absolute atomic E-state index is 4.09. The molecular weight excluding hydrogens is 356 g/mol. The summed E-state index contributed by atoms with van der Waals surface area (Å²) in [5, 5.41) is 0. The minimum absolute atomic E-state index is 0.815. The Hall–Kier alpha value is -1.86. The van der Waals surface area contributed by atoms with E-state index in [0.717, 1.165) is 23.7 Å². The molecule has 0 spiro atoms. The van der Waals surface area contributed by atoms with E-state index < -0.39 is 0 Å². The lowest BCUT2D eigenvalue weighted by Crippen LogP contribution is -1.97. The molecule has 0 nitrogen and oxygen atoms in total. The topological polar surface area (TPSA) is 0 Å². The van der Waals surface area contributed by atoms with Gasteiger partial charge in [0.15, 0.2) is 0 Å². The van der Waals surface area contributed by atoms with Crippen molar-refractivity contribution >= 4 is 27.1 Å². The second-order valence-electron chi connectivity index (χ2n) is 5.77. The molecule has 0 saturated heterocycles. The zero-order chi connectivity index (χ0) is 17.4. The maximum atomic E-state index is 4.09. The summed E-state index contributed by atoms with van der Waals surface area (Å²) in [5.74, 6) is 0. The third-order valence-electron chi connectivity index (χ3n) is 4.01. The number of benzene rings is 2. The Balaban J connectivity index is 2.77. The molecule has 0 unspecified atom stereocenters. The van der Waals surface area contributed by atoms with Crippen molar-refractivity contribution in [1.82, 2.24) is 0 Å². The highest BCUT2D eigenvalue weighted by molar-refractivity contribution is 9.11. The molecule has 2 aromatic rings. The van der Waals surface area contributed by atoms with Gasteiger partial charge in [0.25, 0.3) is 0 Å². The van der Waals surface area contributed by atoms with E-state index in [1.165, 1.54) is 27.8 Å². The predicted octanol–water partition coefficient (Wildman–Crippen LogP) is 7.64. The van der Waals surface area contributed by atoms with E-state index in [4.69, 9.17) is 0 Å². The molecule has 0 atom stereocenters. The van der Waals surface area contributed by atoms with Gasteiger partial charge in [-0.3, -0.25) is 0 Å². The van der Waals surface area contributed by atoms with Gasteiger partial charge in [0.2, 0.25) is 0 Å². The van der Waals surface area contributed by atoms with Crippen molar-refractivity contribution in [2.75, 3.05) is 0 Å². The Bertz CT molecular complexity index is 721. The van der Waals surface area contributed by atoms with Crippen LogP contribution in [0.15, 0.2) is 83.4 Å². The van der Waals surface area contributed by atoms with Crippen LogP contribution in [0.25, 0.3) is 11.1 Å².